The zero-order valence-corrected chi connectivity index (χ0v) is 27.2. The zero-order chi connectivity index (χ0) is 34.8. The average molecular weight is 649 g/mol. The number of alkyl halides is 3. The van der Waals surface area contributed by atoms with Gasteiger partial charge in [-0.1, -0.05) is 87.6 Å². The van der Waals surface area contributed by atoms with Crippen LogP contribution in [0.2, 0.25) is 0 Å². The number of anilines is 2. The second-order valence-corrected chi connectivity index (χ2v) is 11.5. The molecule has 0 radical (unpaired) electrons. The summed E-state index contributed by atoms with van der Waals surface area (Å²) in [5.41, 5.74) is 13.3. The number of halogens is 4. The van der Waals surface area contributed by atoms with Crippen molar-refractivity contribution in [1.29, 1.82) is 0 Å². The zero-order valence-electron chi connectivity index (χ0n) is 27.2. The lowest BCUT2D eigenvalue weighted by Crippen LogP contribution is -2.38. The molecule has 1 aliphatic carbocycles. The second-order valence-electron chi connectivity index (χ2n) is 11.5. The molecular formula is C38H44F4N4O. The Kier molecular flexibility index (Phi) is 12.8. The van der Waals surface area contributed by atoms with Gasteiger partial charge in [-0.3, -0.25) is 4.79 Å². The molecule has 1 unspecified atom stereocenters. The van der Waals surface area contributed by atoms with Crippen molar-refractivity contribution in [3.63, 3.8) is 0 Å². The minimum Gasteiger partial charge on any atom is -0.399 e. The van der Waals surface area contributed by atoms with E-state index in [1.165, 1.54) is 12.1 Å². The lowest BCUT2D eigenvalue weighted by Gasteiger charge is -2.32. The Hall–Kier alpha value is -4.63. The van der Waals surface area contributed by atoms with Crippen molar-refractivity contribution in [3.05, 3.63) is 131 Å². The Morgan fingerprint density at radius 3 is 2.36 bits per heavy atom. The number of allylic oxidation sites excluding steroid dienone is 7. The first-order valence-electron chi connectivity index (χ1n) is 15.6. The number of carbonyl (C=O) groups is 1. The van der Waals surface area contributed by atoms with Gasteiger partial charge in [0.15, 0.2) is 0 Å². The topological polar surface area (TPSA) is 93.2 Å². The van der Waals surface area contributed by atoms with Crippen molar-refractivity contribution < 1.29 is 22.4 Å². The summed E-state index contributed by atoms with van der Waals surface area (Å²) in [6.45, 7) is 12.8. The van der Waals surface area contributed by atoms with Gasteiger partial charge in [0, 0.05) is 16.9 Å². The molecule has 2 aromatic rings. The summed E-state index contributed by atoms with van der Waals surface area (Å²) in [5.74, 6) is -1.20. The number of hydrogen-bond acceptors (Lipinski definition) is 4. The predicted octanol–water partition coefficient (Wildman–Crippen LogP) is 9.65. The minimum absolute atomic E-state index is 0.0678. The summed E-state index contributed by atoms with van der Waals surface area (Å²) in [6.07, 6.45) is 11.4. The summed E-state index contributed by atoms with van der Waals surface area (Å²) in [6, 6.07) is 9.06. The van der Waals surface area contributed by atoms with Gasteiger partial charge in [-0.25, -0.2) is 4.39 Å². The number of hydrogen-bond donors (Lipinski definition) is 4. The van der Waals surface area contributed by atoms with E-state index in [4.69, 9.17) is 11.5 Å². The van der Waals surface area contributed by atoms with E-state index in [1.807, 2.05) is 26.0 Å². The smallest absolute Gasteiger partial charge is 0.399 e. The fourth-order valence-corrected chi connectivity index (χ4v) is 5.22. The van der Waals surface area contributed by atoms with E-state index in [1.54, 1.807) is 55.5 Å². The maximum absolute atomic E-state index is 15.3. The van der Waals surface area contributed by atoms with Crippen LogP contribution < -0.4 is 22.1 Å². The Bertz CT molecular complexity index is 1630. The highest BCUT2D eigenvalue weighted by Gasteiger charge is 2.35. The quantitative estimate of drug-likeness (QED) is 0.0879. The Balaban J connectivity index is 2.10. The summed E-state index contributed by atoms with van der Waals surface area (Å²) < 4.78 is 57.3. The third-order valence-electron chi connectivity index (χ3n) is 7.85. The van der Waals surface area contributed by atoms with Crippen LogP contribution in [-0.4, -0.2) is 12.1 Å². The molecule has 0 saturated heterocycles. The third kappa shape index (κ3) is 9.93. The minimum atomic E-state index is -4.75. The van der Waals surface area contributed by atoms with Crippen LogP contribution >= 0.6 is 0 Å². The maximum atomic E-state index is 15.3. The van der Waals surface area contributed by atoms with Crippen LogP contribution in [-0.2, 0) is 10.3 Å². The Labute approximate surface area is 275 Å². The van der Waals surface area contributed by atoms with Gasteiger partial charge in [-0.15, -0.1) is 0 Å². The van der Waals surface area contributed by atoms with Crippen LogP contribution in [0, 0.1) is 11.7 Å². The third-order valence-corrected chi connectivity index (χ3v) is 7.85. The maximum Gasteiger partial charge on any atom is 0.416 e. The molecule has 1 aliphatic rings. The van der Waals surface area contributed by atoms with Gasteiger partial charge in [0.05, 0.1) is 16.8 Å². The predicted molar refractivity (Wildman–Crippen MR) is 186 cm³/mol. The molecule has 1 amide bonds. The van der Waals surface area contributed by atoms with E-state index in [9.17, 15) is 18.0 Å². The molecule has 47 heavy (non-hydrogen) atoms. The van der Waals surface area contributed by atoms with Crippen LogP contribution in [0.3, 0.4) is 0 Å². The van der Waals surface area contributed by atoms with Crippen molar-refractivity contribution in [2.75, 3.05) is 10.6 Å². The molecule has 3 rings (SSSR count). The van der Waals surface area contributed by atoms with Crippen LogP contribution in [0.4, 0.5) is 28.9 Å². The van der Waals surface area contributed by atoms with Crippen molar-refractivity contribution in [1.82, 2.24) is 0 Å². The van der Waals surface area contributed by atoms with E-state index in [0.29, 0.717) is 29.5 Å². The van der Waals surface area contributed by atoms with Crippen molar-refractivity contribution >= 4 is 29.1 Å². The number of carbonyl (C=O) groups excluding carboxylic acids is 1. The molecule has 6 N–H and O–H groups in total. The van der Waals surface area contributed by atoms with Gasteiger partial charge in [-0.05, 0) is 86.1 Å². The molecule has 5 nitrogen and oxygen atoms in total. The molecular weight excluding hydrogens is 604 g/mol. The van der Waals surface area contributed by atoms with E-state index < -0.39 is 34.7 Å². The van der Waals surface area contributed by atoms with Crippen LogP contribution in [0.25, 0.3) is 11.8 Å². The lowest BCUT2D eigenvalue weighted by molar-refractivity contribution is -0.112. The first kappa shape index (κ1) is 36.8. The molecule has 0 aromatic heterocycles. The van der Waals surface area contributed by atoms with Crippen molar-refractivity contribution in [2.24, 2.45) is 17.4 Å². The Morgan fingerprint density at radius 2 is 1.79 bits per heavy atom. The van der Waals surface area contributed by atoms with Gasteiger partial charge in [0.2, 0.25) is 0 Å². The normalized spacial score (nSPS) is 16.0. The molecule has 9 heteroatoms. The van der Waals surface area contributed by atoms with E-state index in [0.717, 1.165) is 36.5 Å². The van der Waals surface area contributed by atoms with Crippen LogP contribution in [0.1, 0.15) is 69.6 Å². The highest BCUT2D eigenvalue weighted by Crippen LogP contribution is 2.41. The van der Waals surface area contributed by atoms with Crippen molar-refractivity contribution in [3.8, 4) is 0 Å². The molecule has 2 aromatic carbocycles. The molecule has 1 atom stereocenters. The van der Waals surface area contributed by atoms with Crippen LogP contribution in [0.15, 0.2) is 109 Å². The second kappa shape index (κ2) is 16.3. The summed E-state index contributed by atoms with van der Waals surface area (Å²) in [7, 11) is 0. The summed E-state index contributed by atoms with van der Waals surface area (Å²) in [4.78, 5) is 13.7. The fourth-order valence-electron chi connectivity index (χ4n) is 5.22. The molecule has 1 saturated carbocycles. The van der Waals surface area contributed by atoms with Gasteiger partial charge < -0.3 is 22.1 Å². The summed E-state index contributed by atoms with van der Waals surface area (Å²) in [5, 5.41) is 5.28. The molecule has 0 bridgehead atoms. The fraction of sp³-hybridized carbons (Fsp3) is 0.289. The molecule has 0 spiro atoms. The van der Waals surface area contributed by atoms with Crippen molar-refractivity contribution in [2.45, 2.75) is 64.6 Å². The number of nitrogens with two attached hydrogens (primary N) is 2. The molecule has 0 aliphatic heterocycles. The molecule has 1 fully saturated rings. The number of rotatable bonds is 15. The first-order valence-corrected chi connectivity index (χ1v) is 15.6. The lowest BCUT2D eigenvalue weighted by atomic mass is 9.78. The van der Waals surface area contributed by atoms with Gasteiger partial charge in [-0.2, -0.15) is 13.2 Å². The van der Waals surface area contributed by atoms with Gasteiger partial charge in [0.25, 0.3) is 5.91 Å². The Morgan fingerprint density at radius 1 is 1.06 bits per heavy atom. The highest BCUT2D eigenvalue weighted by molar-refractivity contribution is 6.06. The van der Waals surface area contributed by atoms with E-state index >= 15 is 4.39 Å². The van der Waals surface area contributed by atoms with E-state index in [2.05, 4.69) is 23.8 Å². The standard InChI is InChI=1S/C38H44F4N4O/c1-6-10-27-16-18-31(24-32(27)25(5)43)45-35(23-30(13-9-4)38(40,41)42)36(47)46-34-22-29(17-19-33(34)39)37(44,21-20-26-14-15-26)28(11-7-2)12-8-3/h6-8,10-13,16-19,22-24,26,45H,2,5,9,14-15,20-21,43-44H2,1,3-4H3,(H,46,47)/b10-6-,12-8-,28-11+,30-13-,35-23-. The average Bonchev–Trinajstić information content (AvgIpc) is 3.85. The van der Waals surface area contributed by atoms with Gasteiger partial charge >= 0.3 is 6.18 Å². The van der Waals surface area contributed by atoms with Gasteiger partial charge in [0.1, 0.15) is 11.5 Å². The highest BCUT2D eigenvalue weighted by atomic mass is 19.4. The SMILES string of the molecule is C=C/C=C(\C=C/C)C(N)(CCC1CC1)c1ccc(F)c(NC(=O)/C(=C/C(=C/CC)C(F)(F)F)Nc2ccc(/C=C\C)c(C(=C)N)c2)c1. The number of amides is 1. The largest absolute Gasteiger partial charge is 0.416 e. The summed E-state index contributed by atoms with van der Waals surface area (Å²) >= 11 is 0. The number of benzene rings is 2. The van der Waals surface area contributed by atoms with E-state index in [-0.39, 0.29) is 23.5 Å². The number of nitrogens with one attached hydrogen (secondary N) is 2. The monoisotopic (exact) mass is 648 g/mol. The molecule has 250 valence electrons. The molecule has 0 heterocycles. The first-order chi connectivity index (χ1) is 22.3. The van der Waals surface area contributed by atoms with Crippen LogP contribution in [0.5, 0.6) is 0 Å².